The van der Waals surface area contributed by atoms with Gasteiger partial charge in [-0.25, -0.2) is 23.5 Å². The van der Waals surface area contributed by atoms with Gasteiger partial charge in [-0.3, -0.25) is 0 Å². The molecule has 0 atom stereocenters. The van der Waals surface area contributed by atoms with Crippen molar-refractivity contribution in [2.75, 3.05) is 0 Å². The van der Waals surface area contributed by atoms with Gasteiger partial charge in [0.15, 0.2) is 0 Å². The molecule has 0 bridgehead atoms. The number of halogens is 3. The van der Waals surface area contributed by atoms with E-state index < -0.39 is 17.6 Å². The number of hydrogen-bond acceptors (Lipinski definition) is 5. The number of carbonyl (C=O) groups is 1. The van der Waals surface area contributed by atoms with Crippen molar-refractivity contribution in [3.63, 3.8) is 0 Å². The zero-order valence-corrected chi connectivity index (χ0v) is 23.5. The first-order valence-corrected chi connectivity index (χ1v) is 14.2. The second kappa shape index (κ2) is 11.7. The fraction of sp³-hybridized carbons (Fsp3) is 0.0938. The van der Waals surface area contributed by atoms with Crippen LogP contribution >= 0.6 is 22.9 Å². The molecule has 6 aromatic rings. The average molecular weight is 602 g/mol. The van der Waals surface area contributed by atoms with Crippen molar-refractivity contribution in [2.24, 2.45) is 0 Å². The van der Waals surface area contributed by atoms with E-state index in [2.05, 4.69) is 4.98 Å². The highest BCUT2D eigenvalue weighted by Crippen LogP contribution is 2.27. The van der Waals surface area contributed by atoms with Gasteiger partial charge in [-0.05, 0) is 65.5 Å². The van der Waals surface area contributed by atoms with E-state index in [0.29, 0.717) is 57.2 Å². The van der Waals surface area contributed by atoms with E-state index in [1.54, 1.807) is 59.9 Å². The molecule has 6 nitrogen and oxygen atoms in total. The Morgan fingerprint density at radius 1 is 0.952 bits per heavy atom. The molecule has 3 aromatic heterocycles. The summed E-state index contributed by atoms with van der Waals surface area (Å²) in [6.07, 6.45) is 0.336. The number of imidazole rings is 1. The molecule has 0 unspecified atom stereocenters. The molecule has 0 aliphatic rings. The molecule has 0 aliphatic heterocycles. The Bertz CT molecular complexity index is 1920. The lowest BCUT2D eigenvalue weighted by molar-refractivity contribution is 0.0697. The monoisotopic (exact) mass is 601 g/mol. The minimum atomic E-state index is -1.01. The maximum absolute atomic E-state index is 15.4. The Kier molecular flexibility index (Phi) is 7.69. The summed E-state index contributed by atoms with van der Waals surface area (Å²) < 4.78 is 37.2. The minimum absolute atomic E-state index is 0.0543. The van der Waals surface area contributed by atoms with Crippen LogP contribution in [-0.4, -0.2) is 25.6 Å². The summed E-state index contributed by atoms with van der Waals surface area (Å²) in [5.41, 5.74) is 3.24. The summed E-state index contributed by atoms with van der Waals surface area (Å²) in [5.74, 6) is -1.04. The van der Waals surface area contributed by atoms with E-state index in [1.807, 2.05) is 28.1 Å². The van der Waals surface area contributed by atoms with Crippen LogP contribution in [0.15, 0.2) is 90.3 Å². The van der Waals surface area contributed by atoms with Gasteiger partial charge in [-0.2, -0.15) is 0 Å². The molecule has 0 spiro atoms. The Labute approximate surface area is 248 Å². The zero-order chi connectivity index (χ0) is 29.2. The van der Waals surface area contributed by atoms with Gasteiger partial charge >= 0.3 is 5.97 Å². The smallest absolute Gasteiger partial charge is 0.335 e. The maximum atomic E-state index is 15.4. The van der Waals surface area contributed by atoms with Crippen LogP contribution in [0.5, 0.6) is 5.88 Å². The number of pyridine rings is 1. The van der Waals surface area contributed by atoms with Gasteiger partial charge in [0.05, 0.1) is 28.8 Å². The van der Waals surface area contributed by atoms with Gasteiger partial charge in [-0.1, -0.05) is 35.9 Å². The largest absolute Gasteiger partial charge is 0.478 e. The Balaban J connectivity index is 1.25. The van der Waals surface area contributed by atoms with Crippen molar-refractivity contribution in [2.45, 2.75) is 19.6 Å². The number of ether oxygens (including phenoxy) is 1. The van der Waals surface area contributed by atoms with E-state index in [-0.39, 0.29) is 18.1 Å². The second-order valence-corrected chi connectivity index (χ2v) is 11.0. The number of aromatic nitrogens is 3. The molecule has 0 fully saturated rings. The van der Waals surface area contributed by atoms with Crippen molar-refractivity contribution < 1.29 is 23.4 Å². The molecule has 0 saturated carbocycles. The SMILES string of the molecule is O=C(O)c1ccc2nc(Cc3ccc(-c4cccc(OCc5ccc(Cl)cc5F)n4)c(F)c3)n(Cc3cccs3)c2c1. The molecule has 0 aliphatic carbocycles. The number of thiophene rings is 1. The summed E-state index contributed by atoms with van der Waals surface area (Å²) in [5, 5.41) is 11.8. The lowest BCUT2D eigenvalue weighted by atomic mass is 10.1. The normalized spacial score (nSPS) is 11.2. The highest BCUT2D eigenvalue weighted by Gasteiger charge is 2.16. The molecule has 0 radical (unpaired) electrons. The first-order valence-electron chi connectivity index (χ1n) is 12.9. The summed E-state index contributed by atoms with van der Waals surface area (Å²) in [7, 11) is 0. The number of rotatable bonds is 9. The van der Waals surface area contributed by atoms with Crippen LogP contribution in [-0.2, 0) is 19.6 Å². The lowest BCUT2D eigenvalue weighted by Gasteiger charge is -2.11. The first-order chi connectivity index (χ1) is 20.3. The molecule has 0 saturated heterocycles. The van der Waals surface area contributed by atoms with Crippen LogP contribution in [0.1, 0.15) is 32.2 Å². The topological polar surface area (TPSA) is 77.2 Å². The molecule has 42 heavy (non-hydrogen) atoms. The first kappa shape index (κ1) is 27.6. The third-order valence-electron chi connectivity index (χ3n) is 6.75. The predicted molar refractivity (Wildman–Crippen MR) is 158 cm³/mol. The Morgan fingerprint density at radius 3 is 2.60 bits per heavy atom. The van der Waals surface area contributed by atoms with Gasteiger partial charge in [0.25, 0.3) is 0 Å². The molecule has 3 aromatic carbocycles. The van der Waals surface area contributed by atoms with Crippen molar-refractivity contribution in [3.05, 3.63) is 134 Å². The van der Waals surface area contributed by atoms with E-state index in [9.17, 15) is 14.3 Å². The van der Waals surface area contributed by atoms with Crippen LogP contribution in [0.3, 0.4) is 0 Å². The maximum Gasteiger partial charge on any atom is 0.335 e. The molecule has 3 heterocycles. The van der Waals surface area contributed by atoms with Crippen LogP contribution in [0, 0.1) is 11.6 Å². The zero-order valence-electron chi connectivity index (χ0n) is 21.9. The molecule has 1 N–H and O–H groups in total. The summed E-state index contributed by atoms with van der Waals surface area (Å²) in [6.45, 7) is 0.463. The van der Waals surface area contributed by atoms with E-state index in [4.69, 9.17) is 21.3 Å². The summed E-state index contributed by atoms with van der Waals surface area (Å²) in [4.78, 5) is 21.9. The highest BCUT2D eigenvalue weighted by atomic mass is 35.5. The highest BCUT2D eigenvalue weighted by molar-refractivity contribution is 7.09. The molecular weight excluding hydrogens is 580 g/mol. The van der Waals surface area contributed by atoms with Crippen molar-refractivity contribution >= 4 is 39.9 Å². The summed E-state index contributed by atoms with van der Waals surface area (Å²) >= 11 is 7.41. The predicted octanol–water partition coefficient (Wildman–Crippen LogP) is 8.01. The van der Waals surface area contributed by atoms with Crippen molar-refractivity contribution in [1.29, 1.82) is 0 Å². The Morgan fingerprint density at radius 2 is 1.83 bits per heavy atom. The fourth-order valence-corrected chi connectivity index (χ4v) is 5.52. The van der Waals surface area contributed by atoms with E-state index in [1.165, 1.54) is 18.2 Å². The second-order valence-electron chi connectivity index (χ2n) is 9.58. The third kappa shape index (κ3) is 5.88. The van der Waals surface area contributed by atoms with Crippen LogP contribution in [0.25, 0.3) is 22.3 Å². The van der Waals surface area contributed by atoms with Gasteiger partial charge in [-0.15, -0.1) is 11.3 Å². The van der Waals surface area contributed by atoms with Gasteiger partial charge in [0.1, 0.15) is 24.1 Å². The van der Waals surface area contributed by atoms with E-state index >= 15 is 4.39 Å². The fourth-order valence-electron chi connectivity index (χ4n) is 4.67. The van der Waals surface area contributed by atoms with Crippen LogP contribution in [0.2, 0.25) is 5.02 Å². The van der Waals surface area contributed by atoms with Gasteiger partial charge < -0.3 is 14.4 Å². The van der Waals surface area contributed by atoms with Gasteiger partial charge in [0, 0.05) is 33.5 Å². The molecule has 10 heteroatoms. The summed E-state index contributed by atoms with van der Waals surface area (Å²) in [6, 6.07) is 23.1. The number of carboxylic acids is 1. The number of aromatic carboxylic acids is 1. The lowest BCUT2D eigenvalue weighted by Crippen LogP contribution is -2.06. The van der Waals surface area contributed by atoms with Crippen LogP contribution < -0.4 is 4.74 Å². The van der Waals surface area contributed by atoms with E-state index in [0.717, 1.165) is 4.88 Å². The quantitative estimate of drug-likeness (QED) is 0.182. The number of nitrogens with zero attached hydrogens (tertiary/aromatic N) is 3. The van der Waals surface area contributed by atoms with Crippen molar-refractivity contribution in [1.82, 2.24) is 14.5 Å². The third-order valence-corrected chi connectivity index (χ3v) is 7.85. The molecule has 210 valence electrons. The molecular formula is C32H22ClF2N3O3S. The number of fused-ring (bicyclic) bond motifs is 1. The number of hydrogen-bond donors (Lipinski definition) is 1. The van der Waals surface area contributed by atoms with Gasteiger partial charge in [0.2, 0.25) is 5.88 Å². The van der Waals surface area contributed by atoms with Crippen molar-refractivity contribution in [3.8, 4) is 17.1 Å². The standard InChI is InChI=1S/C32H22ClF2N3O3S/c33-22-9-7-21(25(34)16-22)18-41-31-5-1-4-27(37-31)24-10-6-19(13-26(24)35)14-30-36-28-11-8-20(32(39)40)15-29(28)38(30)17-23-3-2-12-42-23/h1-13,15-16H,14,17-18H2,(H,39,40). The Hall–Kier alpha value is -4.60. The van der Waals surface area contributed by atoms with Crippen LogP contribution in [0.4, 0.5) is 8.78 Å². The molecule has 0 amide bonds. The number of carboxylic acid groups (broad SMARTS) is 1. The molecule has 6 rings (SSSR count). The minimum Gasteiger partial charge on any atom is -0.478 e. The average Bonchev–Trinajstić information content (AvgIpc) is 3.61. The number of benzene rings is 3.